The van der Waals surface area contributed by atoms with Crippen LogP contribution in [0.15, 0.2) is 35.1 Å². The fraction of sp³-hybridized carbons (Fsp3) is 0.267. The van der Waals surface area contributed by atoms with E-state index < -0.39 is 0 Å². The summed E-state index contributed by atoms with van der Waals surface area (Å²) in [6.07, 6.45) is 4.54. The summed E-state index contributed by atoms with van der Waals surface area (Å²) >= 11 is 0. The predicted octanol–water partition coefficient (Wildman–Crippen LogP) is 2.27. The van der Waals surface area contributed by atoms with Gasteiger partial charge in [-0.3, -0.25) is 0 Å². The average Bonchev–Trinajstić information content (AvgIpc) is 3.27. The Bertz CT molecular complexity index is 809. The molecule has 0 fully saturated rings. The van der Waals surface area contributed by atoms with Crippen LogP contribution in [0.1, 0.15) is 18.6 Å². The smallest absolute Gasteiger partial charge is 0.246 e. The lowest BCUT2D eigenvalue weighted by Gasteiger charge is -2.01. The summed E-state index contributed by atoms with van der Waals surface area (Å²) in [5.74, 6) is 3.50. The number of benzene rings is 1. The lowest BCUT2D eigenvalue weighted by Crippen LogP contribution is -2.03. The summed E-state index contributed by atoms with van der Waals surface area (Å²) in [6.45, 7) is 2.82. The van der Waals surface area contributed by atoms with E-state index in [1.165, 1.54) is 0 Å². The highest BCUT2D eigenvalue weighted by molar-refractivity contribution is 5.61. The zero-order chi connectivity index (χ0) is 14.9. The van der Waals surface area contributed by atoms with Gasteiger partial charge in [0.15, 0.2) is 11.5 Å². The van der Waals surface area contributed by atoms with E-state index in [2.05, 4.69) is 22.0 Å². The molecular formula is C15H14N4O3. The average molecular weight is 298 g/mol. The first-order chi connectivity index (χ1) is 10.8. The van der Waals surface area contributed by atoms with Gasteiger partial charge >= 0.3 is 0 Å². The topological polar surface area (TPSA) is 75.2 Å². The second kappa shape index (κ2) is 5.18. The highest BCUT2D eigenvalue weighted by atomic mass is 16.7. The molecule has 0 saturated heterocycles. The molecule has 0 saturated carbocycles. The number of rotatable bonds is 4. The van der Waals surface area contributed by atoms with E-state index in [9.17, 15) is 0 Å². The van der Waals surface area contributed by atoms with Crippen molar-refractivity contribution in [3.05, 3.63) is 42.3 Å². The Morgan fingerprint density at radius 3 is 3.05 bits per heavy atom. The molecule has 4 rings (SSSR count). The first-order valence-corrected chi connectivity index (χ1v) is 7.06. The fourth-order valence-corrected chi connectivity index (χ4v) is 2.42. The third kappa shape index (κ3) is 2.20. The van der Waals surface area contributed by atoms with Crippen molar-refractivity contribution < 1.29 is 14.0 Å². The van der Waals surface area contributed by atoms with Gasteiger partial charge in [-0.15, -0.1) is 0 Å². The number of nitrogens with zero attached hydrogens (tertiary/aromatic N) is 4. The van der Waals surface area contributed by atoms with Crippen molar-refractivity contribution in [3.8, 4) is 22.9 Å². The number of aromatic nitrogens is 4. The monoisotopic (exact) mass is 298 g/mol. The van der Waals surface area contributed by atoms with Crippen LogP contribution in [0, 0.1) is 0 Å². The van der Waals surface area contributed by atoms with Gasteiger partial charge in [-0.25, -0.2) is 4.98 Å². The molecule has 1 aliphatic rings. The van der Waals surface area contributed by atoms with Gasteiger partial charge in [-0.2, -0.15) is 4.98 Å². The minimum absolute atomic E-state index is 0.247. The molecular weight excluding hydrogens is 284 g/mol. The van der Waals surface area contributed by atoms with Gasteiger partial charge in [0.2, 0.25) is 18.5 Å². The van der Waals surface area contributed by atoms with Crippen LogP contribution >= 0.6 is 0 Å². The van der Waals surface area contributed by atoms with Crippen molar-refractivity contribution >= 4 is 0 Å². The van der Waals surface area contributed by atoms with Crippen LogP contribution < -0.4 is 9.47 Å². The van der Waals surface area contributed by atoms with Gasteiger partial charge in [0.25, 0.3) is 0 Å². The Hall–Kier alpha value is -2.83. The standard InChI is InChI=1S/C15H14N4O3/c1-2-13-16-5-6-19(13)8-14-17-15(18-22-14)10-3-4-11-12(7-10)21-9-20-11/h3-7H,2,8-9H2,1H3. The highest BCUT2D eigenvalue weighted by Gasteiger charge is 2.16. The lowest BCUT2D eigenvalue weighted by atomic mass is 10.2. The molecule has 0 unspecified atom stereocenters. The Kier molecular flexibility index (Phi) is 3.03. The maximum Gasteiger partial charge on any atom is 0.246 e. The van der Waals surface area contributed by atoms with Crippen molar-refractivity contribution in [2.24, 2.45) is 0 Å². The van der Waals surface area contributed by atoms with Crippen molar-refractivity contribution in [3.63, 3.8) is 0 Å². The zero-order valence-corrected chi connectivity index (χ0v) is 12.0. The zero-order valence-electron chi connectivity index (χ0n) is 12.0. The molecule has 0 N–H and O–H groups in total. The van der Waals surface area contributed by atoms with Gasteiger partial charge in [-0.05, 0) is 18.2 Å². The maximum absolute atomic E-state index is 5.36. The number of hydrogen-bond donors (Lipinski definition) is 0. The van der Waals surface area contributed by atoms with Gasteiger partial charge in [0.05, 0.1) is 0 Å². The predicted molar refractivity (Wildman–Crippen MR) is 76.6 cm³/mol. The number of ether oxygens (including phenoxy) is 2. The van der Waals surface area contributed by atoms with Gasteiger partial charge in [0, 0.05) is 24.4 Å². The third-order valence-corrected chi connectivity index (χ3v) is 3.52. The van der Waals surface area contributed by atoms with E-state index >= 15 is 0 Å². The summed E-state index contributed by atoms with van der Waals surface area (Å²) in [6, 6.07) is 5.58. The van der Waals surface area contributed by atoms with E-state index in [0.29, 0.717) is 24.0 Å². The summed E-state index contributed by atoms with van der Waals surface area (Å²) in [5.41, 5.74) is 0.834. The first-order valence-electron chi connectivity index (χ1n) is 7.06. The van der Waals surface area contributed by atoms with E-state index in [-0.39, 0.29) is 6.79 Å². The molecule has 1 aromatic carbocycles. The highest BCUT2D eigenvalue weighted by Crippen LogP contribution is 2.35. The normalized spacial score (nSPS) is 12.8. The van der Waals surface area contributed by atoms with E-state index in [0.717, 1.165) is 23.6 Å². The van der Waals surface area contributed by atoms with Crippen molar-refractivity contribution in [2.45, 2.75) is 19.9 Å². The van der Waals surface area contributed by atoms with Crippen LogP contribution in [0.3, 0.4) is 0 Å². The minimum atomic E-state index is 0.247. The Labute approximate surface area is 126 Å². The van der Waals surface area contributed by atoms with Gasteiger partial charge in [-0.1, -0.05) is 12.1 Å². The molecule has 3 heterocycles. The molecule has 2 aromatic heterocycles. The number of imidazole rings is 1. The van der Waals surface area contributed by atoms with E-state index in [1.807, 2.05) is 29.0 Å². The van der Waals surface area contributed by atoms with Gasteiger partial charge in [0.1, 0.15) is 12.4 Å². The summed E-state index contributed by atoms with van der Waals surface area (Å²) < 4.78 is 18.0. The molecule has 0 amide bonds. The van der Waals surface area contributed by atoms with Crippen LogP contribution in [0.25, 0.3) is 11.4 Å². The molecule has 0 aliphatic carbocycles. The van der Waals surface area contributed by atoms with Crippen LogP contribution in [-0.2, 0) is 13.0 Å². The number of aryl methyl sites for hydroxylation is 1. The largest absolute Gasteiger partial charge is 0.454 e. The van der Waals surface area contributed by atoms with Crippen molar-refractivity contribution in [1.82, 2.24) is 19.7 Å². The van der Waals surface area contributed by atoms with Crippen LogP contribution in [0.4, 0.5) is 0 Å². The fourth-order valence-electron chi connectivity index (χ4n) is 2.42. The molecule has 112 valence electrons. The molecule has 0 bridgehead atoms. The summed E-state index contributed by atoms with van der Waals surface area (Å²) in [4.78, 5) is 8.71. The minimum Gasteiger partial charge on any atom is -0.454 e. The molecule has 7 heteroatoms. The SMILES string of the molecule is CCc1nccn1Cc1nc(-c2ccc3c(c2)OCO3)no1. The van der Waals surface area contributed by atoms with Crippen LogP contribution in [0.2, 0.25) is 0 Å². The van der Waals surface area contributed by atoms with Crippen molar-refractivity contribution in [2.75, 3.05) is 6.79 Å². The molecule has 1 aliphatic heterocycles. The Morgan fingerprint density at radius 2 is 2.14 bits per heavy atom. The molecule has 0 atom stereocenters. The Morgan fingerprint density at radius 1 is 1.23 bits per heavy atom. The van der Waals surface area contributed by atoms with Crippen molar-refractivity contribution in [1.29, 1.82) is 0 Å². The second-order valence-corrected chi connectivity index (χ2v) is 4.90. The van der Waals surface area contributed by atoms with Gasteiger partial charge < -0.3 is 18.6 Å². The Balaban J connectivity index is 1.59. The van der Waals surface area contributed by atoms with Crippen LogP contribution in [0.5, 0.6) is 11.5 Å². The maximum atomic E-state index is 5.36. The third-order valence-electron chi connectivity index (χ3n) is 3.52. The molecule has 22 heavy (non-hydrogen) atoms. The van der Waals surface area contributed by atoms with E-state index in [4.69, 9.17) is 14.0 Å². The summed E-state index contributed by atoms with van der Waals surface area (Å²) in [7, 11) is 0. The first kappa shape index (κ1) is 12.9. The summed E-state index contributed by atoms with van der Waals surface area (Å²) in [5, 5.41) is 4.03. The lowest BCUT2D eigenvalue weighted by molar-refractivity contribution is 0.174. The molecule has 0 spiro atoms. The molecule has 3 aromatic rings. The quantitative estimate of drug-likeness (QED) is 0.735. The number of hydrogen-bond acceptors (Lipinski definition) is 6. The molecule has 0 radical (unpaired) electrons. The van der Waals surface area contributed by atoms with E-state index in [1.54, 1.807) is 6.20 Å². The second-order valence-electron chi connectivity index (χ2n) is 4.90. The number of fused-ring (bicyclic) bond motifs is 1. The van der Waals surface area contributed by atoms with Crippen LogP contribution in [-0.4, -0.2) is 26.5 Å². The molecule has 7 nitrogen and oxygen atoms in total.